The van der Waals surface area contributed by atoms with E-state index in [4.69, 9.17) is 0 Å². The highest BCUT2D eigenvalue weighted by Gasteiger charge is 2.11. The van der Waals surface area contributed by atoms with Crippen molar-refractivity contribution in [1.29, 1.82) is 0 Å². The molecule has 0 bridgehead atoms. The second-order valence-electron chi connectivity index (χ2n) is 4.73. The molecule has 0 spiro atoms. The van der Waals surface area contributed by atoms with Crippen molar-refractivity contribution in [3.05, 3.63) is 30.1 Å². The van der Waals surface area contributed by atoms with Gasteiger partial charge in [0.15, 0.2) is 0 Å². The number of hydrogen-bond acceptors (Lipinski definition) is 4. The number of hydrogen-bond donors (Lipinski definition) is 1. The number of likely N-dealkylation sites (tertiary alicyclic amines) is 1. The Morgan fingerprint density at radius 1 is 1.42 bits per heavy atom. The monoisotopic (exact) mass is 260 g/mol. The zero-order valence-electron chi connectivity index (χ0n) is 11.1. The van der Waals surface area contributed by atoms with Gasteiger partial charge >= 0.3 is 0 Å². The Morgan fingerprint density at radius 2 is 2.26 bits per heavy atom. The lowest BCUT2D eigenvalue weighted by Crippen LogP contribution is -2.33. The van der Waals surface area contributed by atoms with Crippen LogP contribution in [-0.4, -0.2) is 41.6 Å². The number of rotatable bonds is 5. The maximum Gasteiger partial charge on any atom is 0.241 e. The SMILES string of the molecule is O=C(CCN1CCCCC1)NN=Cc1cccnc1. The lowest BCUT2D eigenvalue weighted by molar-refractivity contribution is -0.121. The number of carbonyl (C=O) groups is 1. The normalized spacial score (nSPS) is 16.6. The molecule has 102 valence electrons. The zero-order chi connectivity index (χ0) is 13.3. The molecule has 1 saturated heterocycles. The summed E-state index contributed by atoms with van der Waals surface area (Å²) in [4.78, 5) is 17.9. The summed E-state index contributed by atoms with van der Waals surface area (Å²) in [6.07, 6.45) is 9.33. The van der Waals surface area contributed by atoms with Crippen LogP contribution >= 0.6 is 0 Å². The number of piperidine rings is 1. The van der Waals surface area contributed by atoms with E-state index >= 15 is 0 Å². The molecule has 2 rings (SSSR count). The molecule has 1 aromatic rings. The third kappa shape index (κ3) is 5.18. The van der Waals surface area contributed by atoms with Crippen molar-refractivity contribution < 1.29 is 4.79 Å². The van der Waals surface area contributed by atoms with E-state index < -0.39 is 0 Å². The highest BCUT2D eigenvalue weighted by atomic mass is 16.2. The van der Waals surface area contributed by atoms with Crippen molar-refractivity contribution in [2.24, 2.45) is 5.10 Å². The van der Waals surface area contributed by atoms with Gasteiger partial charge < -0.3 is 4.90 Å². The molecule has 5 heteroatoms. The van der Waals surface area contributed by atoms with Crippen molar-refractivity contribution in [2.45, 2.75) is 25.7 Å². The minimum atomic E-state index is -0.0364. The fraction of sp³-hybridized carbons (Fsp3) is 0.500. The molecular weight excluding hydrogens is 240 g/mol. The molecule has 2 heterocycles. The first kappa shape index (κ1) is 13.7. The number of nitrogens with one attached hydrogen (secondary N) is 1. The molecule has 1 aromatic heterocycles. The highest BCUT2D eigenvalue weighted by molar-refractivity contribution is 5.81. The first-order chi connectivity index (χ1) is 9.34. The molecule has 0 atom stereocenters. The van der Waals surface area contributed by atoms with Gasteiger partial charge in [-0.2, -0.15) is 5.10 Å². The summed E-state index contributed by atoms with van der Waals surface area (Å²) in [7, 11) is 0. The maximum atomic E-state index is 11.6. The highest BCUT2D eigenvalue weighted by Crippen LogP contribution is 2.08. The molecule has 1 amide bonds. The van der Waals surface area contributed by atoms with Crippen molar-refractivity contribution >= 4 is 12.1 Å². The number of carbonyl (C=O) groups excluding carboxylic acids is 1. The Labute approximate surface area is 113 Å². The van der Waals surface area contributed by atoms with Crippen LogP contribution in [0.5, 0.6) is 0 Å². The third-order valence-corrected chi connectivity index (χ3v) is 3.19. The third-order valence-electron chi connectivity index (χ3n) is 3.19. The molecule has 1 aliphatic rings. The molecule has 19 heavy (non-hydrogen) atoms. The van der Waals surface area contributed by atoms with Crippen molar-refractivity contribution in [2.75, 3.05) is 19.6 Å². The fourth-order valence-corrected chi connectivity index (χ4v) is 2.13. The van der Waals surface area contributed by atoms with Crippen molar-refractivity contribution in [3.8, 4) is 0 Å². The predicted molar refractivity (Wildman–Crippen MR) is 74.9 cm³/mol. The van der Waals surface area contributed by atoms with E-state index in [0.717, 1.165) is 25.2 Å². The molecule has 0 saturated carbocycles. The predicted octanol–water partition coefficient (Wildman–Crippen LogP) is 1.41. The Kier molecular flexibility index (Phi) is 5.49. The molecule has 5 nitrogen and oxygen atoms in total. The van der Waals surface area contributed by atoms with Gasteiger partial charge in [0.2, 0.25) is 5.91 Å². The van der Waals surface area contributed by atoms with Gasteiger partial charge in [-0.25, -0.2) is 5.43 Å². The van der Waals surface area contributed by atoms with Gasteiger partial charge in [0.05, 0.1) is 6.21 Å². The molecular formula is C14H20N4O. The van der Waals surface area contributed by atoms with Crippen molar-refractivity contribution in [1.82, 2.24) is 15.3 Å². The van der Waals surface area contributed by atoms with Crippen LogP contribution in [0.15, 0.2) is 29.6 Å². The Morgan fingerprint density at radius 3 is 3.00 bits per heavy atom. The quantitative estimate of drug-likeness (QED) is 0.643. The number of pyridine rings is 1. The van der Waals surface area contributed by atoms with E-state index in [1.807, 2.05) is 12.1 Å². The van der Waals surface area contributed by atoms with Gasteiger partial charge in [-0.15, -0.1) is 0 Å². The zero-order valence-corrected chi connectivity index (χ0v) is 11.1. The van der Waals surface area contributed by atoms with Gasteiger partial charge in [-0.05, 0) is 32.0 Å². The maximum absolute atomic E-state index is 11.6. The van der Waals surface area contributed by atoms with Crippen LogP contribution in [0.3, 0.4) is 0 Å². The first-order valence-corrected chi connectivity index (χ1v) is 6.79. The van der Waals surface area contributed by atoms with E-state index in [9.17, 15) is 4.79 Å². The summed E-state index contributed by atoms with van der Waals surface area (Å²) in [5.41, 5.74) is 3.42. The molecule has 1 N–H and O–H groups in total. The van der Waals surface area contributed by atoms with Crippen LogP contribution in [-0.2, 0) is 4.79 Å². The van der Waals surface area contributed by atoms with Gasteiger partial charge in [-0.1, -0.05) is 12.5 Å². The number of nitrogens with zero attached hydrogens (tertiary/aromatic N) is 3. The van der Waals surface area contributed by atoms with Gasteiger partial charge in [0.1, 0.15) is 0 Å². The average molecular weight is 260 g/mol. The fourth-order valence-electron chi connectivity index (χ4n) is 2.13. The van der Waals surface area contributed by atoms with E-state index in [1.165, 1.54) is 19.3 Å². The summed E-state index contributed by atoms with van der Waals surface area (Å²) in [6, 6.07) is 3.72. The molecule has 1 aliphatic heterocycles. The molecule has 0 unspecified atom stereocenters. The number of hydrazone groups is 1. The van der Waals surface area contributed by atoms with E-state index in [1.54, 1.807) is 18.6 Å². The number of aromatic nitrogens is 1. The van der Waals surface area contributed by atoms with Gasteiger partial charge in [0.25, 0.3) is 0 Å². The van der Waals surface area contributed by atoms with Gasteiger partial charge in [-0.3, -0.25) is 9.78 Å². The summed E-state index contributed by atoms with van der Waals surface area (Å²) < 4.78 is 0. The van der Waals surface area contributed by atoms with Crippen LogP contribution < -0.4 is 5.43 Å². The van der Waals surface area contributed by atoms with Gasteiger partial charge in [0, 0.05) is 30.9 Å². The van der Waals surface area contributed by atoms with E-state index in [2.05, 4.69) is 20.4 Å². The number of amides is 1. The topological polar surface area (TPSA) is 57.6 Å². The smallest absolute Gasteiger partial charge is 0.241 e. The summed E-state index contributed by atoms with van der Waals surface area (Å²) in [5.74, 6) is -0.0364. The minimum Gasteiger partial charge on any atom is -0.303 e. The molecule has 0 radical (unpaired) electrons. The van der Waals surface area contributed by atoms with Crippen LogP contribution in [0.1, 0.15) is 31.2 Å². The lowest BCUT2D eigenvalue weighted by atomic mass is 10.1. The van der Waals surface area contributed by atoms with E-state index in [0.29, 0.717) is 6.42 Å². The molecule has 0 aliphatic carbocycles. The van der Waals surface area contributed by atoms with Crippen LogP contribution in [0.4, 0.5) is 0 Å². The Bertz CT molecular complexity index is 413. The Balaban J connectivity index is 1.65. The Hall–Kier alpha value is -1.75. The largest absolute Gasteiger partial charge is 0.303 e. The van der Waals surface area contributed by atoms with E-state index in [-0.39, 0.29) is 5.91 Å². The van der Waals surface area contributed by atoms with Crippen LogP contribution in [0, 0.1) is 0 Å². The van der Waals surface area contributed by atoms with Crippen LogP contribution in [0.2, 0.25) is 0 Å². The summed E-state index contributed by atoms with van der Waals surface area (Å²) >= 11 is 0. The minimum absolute atomic E-state index is 0.0364. The summed E-state index contributed by atoms with van der Waals surface area (Å²) in [5, 5.41) is 3.92. The van der Waals surface area contributed by atoms with Crippen molar-refractivity contribution in [3.63, 3.8) is 0 Å². The average Bonchev–Trinajstić information content (AvgIpc) is 2.47. The summed E-state index contributed by atoms with van der Waals surface area (Å²) in [6.45, 7) is 3.06. The second kappa shape index (κ2) is 7.63. The molecule has 1 fully saturated rings. The first-order valence-electron chi connectivity index (χ1n) is 6.79. The standard InChI is InChI=1S/C14H20N4O/c19-14(6-10-18-8-2-1-3-9-18)17-16-12-13-5-4-7-15-11-13/h4-5,7,11-12H,1-3,6,8-10H2,(H,17,19). The van der Waals surface area contributed by atoms with Crippen LogP contribution in [0.25, 0.3) is 0 Å². The second-order valence-corrected chi connectivity index (χ2v) is 4.73. The lowest BCUT2D eigenvalue weighted by Gasteiger charge is -2.25. The molecule has 0 aromatic carbocycles.